The second-order valence-electron chi connectivity index (χ2n) is 4.43. The van der Waals surface area contributed by atoms with E-state index in [-0.39, 0.29) is 12.3 Å². The summed E-state index contributed by atoms with van der Waals surface area (Å²) in [5, 5.41) is 2.68. The summed E-state index contributed by atoms with van der Waals surface area (Å²) in [6.07, 6.45) is -4.34. The van der Waals surface area contributed by atoms with E-state index < -0.39 is 11.7 Å². The average Bonchev–Trinajstić information content (AvgIpc) is 2.41. The van der Waals surface area contributed by atoms with Crippen LogP contribution < -0.4 is 5.32 Å². The number of hydrogen-bond acceptors (Lipinski definition) is 1. The summed E-state index contributed by atoms with van der Waals surface area (Å²) in [7, 11) is 0. The van der Waals surface area contributed by atoms with Gasteiger partial charge in [0.2, 0.25) is 5.91 Å². The molecular formula is C15H11BrF3NO. The molecule has 0 atom stereocenters. The van der Waals surface area contributed by atoms with Crippen molar-refractivity contribution in [3.8, 4) is 0 Å². The van der Waals surface area contributed by atoms with Crippen LogP contribution in [0.15, 0.2) is 53.0 Å². The van der Waals surface area contributed by atoms with Gasteiger partial charge in [0.05, 0.1) is 12.0 Å². The van der Waals surface area contributed by atoms with Crippen LogP contribution in [-0.4, -0.2) is 5.91 Å². The normalized spacial score (nSPS) is 11.2. The summed E-state index contributed by atoms with van der Waals surface area (Å²) in [5.41, 5.74) is 0.437. The zero-order valence-corrected chi connectivity index (χ0v) is 12.3. The van der Waals surface area contributed by atoms with Crippen molar-refractivity contribution in [3.63, 3.8) is 0 Å². The molecule has 2 rings (SSSR count). The molecule has 110 valence electrons. The van der Waals surface area contributed by atoms with Crippen LogP contribution >= 0.6 is 15.9 Å². The van der Waals surface area contributed by atoms with Gasteiger partial charge in [-0.2, -0.15) is 13.2 Å². The lowest BCUT2D eigenvalue weighted by Crippen LogP contribution is -2.14. The number of amides is 1. The Kier molecular flexibility index (Phi) is 4.67. The van der Waals surface area contributed by atoms with Crippen LogP contribution in [0, 0.1) is 0 Å². The first kappa shape index (κ1) is 15.6. The standard InChI is InChI=1S/C15H11BrF3NO/c16-12-5-7-13(8-6-12)20-14(21)9-10-1-3-11(4-2-10)15(17,18)19/h1-8H,9H2,(H,20,21). The molecule has 0 heterocycles. The van der Waals surface area contributed by atoms with Crippen LogP contribution in [0.25, 0.3) is 0 Å². The lowest BCUT2D eigenvalue weighted by molar-refractivity contribution is -0.137. The second-order valence-corrected chi connectivity index (χ2v) is 5.34. The van der Waals surface area contributed by atoms with Gasteiger partial charge in [-0.05, 0) is 42.0 Å². The van der Waals surface area contributed by atoms with Crippen LogP contribution in [0.4, 0.5) is 18.9 Å². The molecule has 6 heteroatoms. The van der Waals surface area contributed by atoms with Crippen molar-refractivity contribution in [2.45, 2.75) is 12.6 Å². The van der Waals surface area contributed by atoms with E-state index in [2.05, 4.69) is 21.2 Å². The number of alkyl halides is 3. The molecule has 2 aromatic rings. The first-order chi connectivity index (χ1) is 9.84. The third kappa shape index (κ3) is 4.60. The van der Waals surface area contributed by atoms with E-state index in [0.717, 1.165) is 16.6 Å². The first-order valence-electron chi connectivity index (χ1n) is 6.06. The van der Waals surface area contributed by atoms with Crippen molar-refractivity contribution < 1.29 is 18.0 Å². The summed E-state index contributed by atoms with van der Waals surface area (Å²) >= 11 is 3.28. The van der Waals surface area contributed by atoms with E-state index in [1.807, 2.05) is 0 Å². The number of halogens is 4. The SMILES string of the molecule is O=C(Cc1ccc(C(F)(F)F)cc1)Nc1ccc(Br)cc1. The fourth-order valence-electron chi connectivity index (χ4n) is 1.74. The Hall–Kier alpha value is -1.82. The van der Waals surface area contributed by atoms with Crippen LogP contribution in [0.1, 0.15) is 11.1 Å². The molecule has 21 heavy (non-hydrogen) atoms. The molecule has 0 bridgehead atoms. The van der Waals surface area contributed by atoms with Gasteiger partial charge in [0.1, 0.15) is 0 Å². The maximum absolute atomic E-state index is 12.4. The van der Waals surface area contributed by atoms with Crippen molar-refractivity contribution >= 4 is 27.5 Å². The number of nitrogens with one attached hydrogen (secondary N) is 1. The van der Waals surface area contributed by atoms with Crippen molar-refractivity contribution in [1.29, 1.82) is 0 Å². The van der Waals surface area contributed by atoms with E-state index in [9.17, 15) is 18.0 Å². The lowest BCUT2D eigenvalue weighted by Gasteiger charge is -2.08. The van der Waals surface area contributed by atoms with Gasteiger partial charge in [-0.3, -0.25) is 4.79 Å². The molecule has 0 radical (unpaired) electrons. The molecular weight excluding hydrogens is 347 g/mol. The highest BCUT2D eigenvalue weighted by atomic mass is 79.9. The minimum absolute atomic E-state index is 0.0220. The highest BCUT2D eigenvalue weighted by molar-refractivity contribution is 9.10. The van der Waals surface area contributed by atoms with Gasteiger partial charge in [-0.25, -0.2) is 0 Å². The third-order valence-corrected chi connectivity index (χ3v) is 3.30. The molecule has 1 N–H and O–H groups in total. The Labute approximate surface area is 128 Å². The molecule has 0 unspecified atom stereocenters. The summed E-state index contributed by atoms with van der Waals surface area (Å²) in [6.45, 7) is 0. The zero-order chi connectivity index (χ0) is 15.5. The van der Waals surface area contributed by atoms with E-state index in [0.29, 0.717) is 11.3 Å². The van der Waals surface area contributed by atoms with Crippen molar-refractivity contribution in [1.82, 2.24) is 0 Å². The smallest absolute Gasteiger partial charge is 0.326 e. The molecule has 0 fully saturated rings. The van der Waals surface area contributed by atoms with E-state index in [1.165, 1.54) is 12.1 Å². The predicted molar refractivity (Wildman–Crippen MR) is 77.9 cm³/mol. The zero-order valence-electron chi connectivity index (χ0n) is 10.7. The number of rotatable bonds is 3. The van der Waals surface area contributed by atoms with Gasteiger partial charge in [0.15, 0.2) is 0 Å². The highest BCUT2D eigenvalue weighted by Gasteiger charge is 2.29. The van der Waals surface area contributed by atoms with E-state index in [1.54, 1.807) is 24.3 Å². The first-order valence-corrected chi connectivity index (χ1v) is 6.85. The molecule has 0 saturated heterocycles. The van der Waals surface area contributed by atoms with Crippen molar-refractivity contribution in [2.75, 3.05) is 5.32 Å². The van der Waals surface area contributed by atoms with Crippen molar-refractivity contribution in [2.24, 2.45) is 0 Å². The summed E-state index contributed by atoms with van der Waals surface area (Å²) < 4.78 is 38.1. The third-order valence-electron chi connectivity index (χ3n) is 2.77. The summed E-state index contributed by atoms with van der Waals surface area (Å²) in [4.78, 5) is 11.8. The van der Waals surface area contributed by atoms with Gasteiger partial charge in [-0.1, -0.05) is 28.1 Å². The van der Waals surface area contributed by atoms with Gasteiger partial charge >= 0.3 is 6.18 Å². The molecule has 1 amide bonds. The Balaban J connectivity index is 1.98. The second kappa shape index (κ2) is 6.30. The molecule has 0 saturated carbocycles. The molecule has 0 aromatic heterocycles. The molecule has 0 spiro atoms. The monoisotopic (exact) mass is 357 g/mol. The highest BCUT2D eigenvalue weighted by Crippen LogP contribution is 2.29. The number of anilines is 1. The van der Waals surface area contributed by atoms with E-state index >= 15 is 0 Å². The van der Waals surface area contributed by atoms with Gasteiger partial charge in [0.25, 0.3) is 0 Å². The van der Waals surface area contributed by atoms with Crippen LogP contribution in [0.2, 0.25) is 0 Å². The van der Waals surface area contributed by atoms with Gasteiger partial charge < -0.3 is 5.32 Å². The largest absolute Gasteiger partial charge is 0.416 e. The Bertz CT molecular complexity index is 621. The van der Waals surface area contributed by atoms with Gasteiger partial charge in [-0.15, -0.1) is 0 Å². The Morgan fingerprint density at radius 3 is 2.10 bits per heavy atom. The van der Waals surface area contributed by atoms with Crippen molar-refractivity contribution in [3.05, 3.63) is 64.1 Å². The number of benzene rings is 2. The Morgan fingerprint density at radius 1 is 1.00 bits per heavy atom. The van der Waals surface area contributed by atoms with Crippen LogP contribution in [-0.2, 0) is 17.4 Å². The molecule has 0 aliphatic carbocycles. The molecule has 2 nitrogen and oxygen atoms in total. The predicted octanol–water partition coefficient (Wildman–Crippen LogP) is 4.65. The Morgan fingerprint density at radius 2 is 1.57 bits per heavy atom. The maximum Gasteiger partial charge on any atom is 0.416 e. The number of carbonyl (C=O) groups excluding carboxylic acids is 1. The number of carbonyl (C=O) groups is 1. The lowest BCUT2D eigenvalue weighted by atomic mass is 10.1. The fraction of sp³-hybridized carbons (Fsp3) is 0.133. The number of hydrogen-bond donors (Lipinski definition) is 1. The fourth-order valence-corrected chi connectivity index (χ4v) is 2.00. The van der Waals surface area contributed by atoms with Crippen LogP contribution in [0.3, 0.4) is 0 Å². The van der Waals surface area contributed by atoms with Gasteiger partial charge in [0, 0.05) is 10.2 Å². The minimum atomic E-state index is -4.36. The van der Waals surface area contributed by atoms with E-state index in [4.69, 9.17) is 0 Å². The maximum atomic E-state index is 12.4. The topological polar surface area (TPSA) is 29.1 Å². The quantitative estimate of drug-likeness (QED) is 0.850. The minimum Gasteiger partial charge on any atom is -0.326 e. The molecule has 0 aliphatic heterocycles. The average molecular weight is 358 g/mol. The molecule has 0 aliphatic rings. The van der Waals surface area contributed by atoms with Crippen LogP contribution in [0.5, 0.6) is 0 Å². The molecule has 2 aromatic carbocycles. The summed E-state index contributed by atoms with van der Waals surface area (Å²) in [6, 6.07) is 11.6. The summed E-state index contributed by atoms with van der Waals surface area (Å²) in [5.74, 6) is -0.280.